The molecule has 10 heteroatoms. The van der Waals surface area contributed by atoms with Crippen LogP contribution in [0.4, 0.5) is 5.69 Å². The van der Waals surface area contributed by atoms with Gasteiger partial charge < -0.3 is 26.4 Å². The van der Waals surface area contributed by atoms with Gasteiger partial charge >= 0.3 is 0 Å². The Morgan fingerprint density at radius 3 is 2.94 bits per heavy atom. The summed E-state index contributed by atoms with van der Waals surface area (Å²) < 4.78 is 0. The van der Waals surface area contributed by atoms with Gasteiger partial charge in [0.1, 0.15) is 0 Å². The Labute approximate surface area is 208 Å². The molecule has 1 amide bonds. The number of anilines is 1. The van der Waals surface area contributed by atoms with Crippen molar-refractivity contribution in [3.8, 4) is 0 Å². The van der Waals surface area contributed by atoms with Crippen LogP contribution in [0.3, 0.4) is 0 Å². The zero-order valence-corrected chi connectivity index (χ0v) is 20.7. The number of piperidine rings is 1. The molecule has 10 nitrogen and oxygen atoms in total. The molecule has 194 valence electrons. The maximum absolute atomic E-state index is 12.9. The van der Waals surface area contributed by atoms with Gasteiger partial charge in [-0.25, -0.2) is 10.9 Å². The highest BCUT2D eigenvalue weighted by molar-refractivity contribution is 5.95. The molecule has 5 unspecified atom stereocenters. The molecule has 0 radical (unpaired) electrons. The highest BCUT2D eigenvalue weighted by Gasteiger charge is 2.36. The SMILES string of the molecule is CCC1CNCCC1CNC(=O)c1cccc(NCC2NNC(C3C=CNCN3)N2CCCO)c1. The Morgan fingerprint density at radius 1 is 1.23 bits per heavy atom. The molecule has 3 heterocycles. The van der Waals surface area contributed by atoms with Gasteiger partial charge in [-0.2, -0.15) is 0 Å². The van der Waals surface area contributed by atoms with E-state index >= 15 is 0 Å². The van der Waals surface area contributed by atoms with E-state index in [1.54, 1.807) is 0 Å². The fourth-order valence-corrected chi connectivity index (χ4v) is 5.28. The molecule has 0 saturated carbocycles. The maximum atomic E-state index is 12.9. The van der Waals surface area contributed by atoms with E-state index in [9.17, 15) is 9.90 Å². The molecule has 5 atom stereocenters. The maximum Gasteiger partial charge on any atom is 0.251 e. The Balaban J connectivity index is 1.31. The van der Waals surface area contributed by atoms with Crippen molar-refractivity contribution >= 4 is 11.6 Å². The summed E-state index contributed by atoms with van der Waals surface area (Å²) in [6.07, 6.45) is 7.15. The lowest BCUT2D eigenvalue weighted by Crippen LogP contribution is -2.56. The number of nitrogens with zero attached hydrogens (tertiary/aromatic N) is 1. The molecule has 35 heavy (non-hydrogen) atoms. The van der Waals surface area contributed by atoms with Crippen molar-refractivity contribution in [2.45, 2.75) is 44.6 Å². The topological polar surface area (TPSA) is 125 Å². The molecule has 8 N–H and O–H groups in total. The summed E-state index contributed by atoms with van der Waals surface area (Å²) in [7, 11) is 0. The van der Waals surface area contributed by atoms with Crippen LogP contribution >= 0.6 is 0 Å². The monoisotopic (exact) mass is 486 g/mol. The molecule has 3 aliphatic rings. The zero-order valence-electron chi connectivity index (χ0n) is 20.7. The zero-order chi connectivity index (χ0) is 24.5. The second-order valence-electron chi connectivity index (χ2n) is 9.63. The Hall–Kier alpha value is -2.21. The average Bonchev–Trinajstić information content (AvgIpc) is 3.32. The lowest BCUT2D eigenvalue weighted by molar-refractivity contribution is 0.0935. The molecule has 2 saturated heterocycles. The fourth-order valence-electron chi connectivity index (χ4n) is 5.28. The first-order chi connectivity index (χ1) is 17.2. The summed E-state index contributed by atoms with van der Waals surface area (Å²) in [6.45, 7) is 7.33. The van der Waals surface area contributed by atoms with Gasteiger partial charge in [-0.3, -0.25) is 15.0 Å². The van der Waals surface area contributed by atoms with E-state index in [1.807, 2.05) is 30.5 Å². The van der Waals surface area contributed by atoms with E-state index in [2.05, 4.69) is 55.3 Å². The molecule has 0 aromatic heterocycles. The summed E-state index contributed by atoms with van der Waals surface area (Å²) in [5.41, 5.74) is 8.38. The average molecular weight is 487 g/mol. The fraction of sp³-hybridized carbons (Fsp3) is 0.640. The van der Waals surface area contributed by atoms with Gasteiger partial charge in [0.15, 0.2) is 0 Å². The minimum atomic E-state index is -0.0175. The molecule has 0 spiro atoms. The van der Waals surface area contributed by atoms with Crippen LogP contribution in [0, 0.1) is 11.8 Å². The molecule has 1 aromatic carbocycles. The number of amides is 1. The second-order valence-corrected chi connectivity index (χ2v) is 9.63. The van der Waals surface area contributed by atoms with Crippen molar-refractivity contribution in [2.24, 2.45) is 11.8 Å². The van der Waals surface area contributed by atoms with Crippen LogP contribution in [0.5, 0.6) is 0 Å². The minimum Gasteiger partial charge on any atom is -0.396 e. The number of hydrazine groups is 1. The van der Waals surface area contributed by atoms with Gasteiger partial charge in [-0.05, 0) is 68.2 Å². The summed E-state index contributed by atoms with van der Waals surface area (Å²) in [5.74, 6) is 1.14. The minimum absolute atomic E-state index is 0.0175. The van der Waals surface area contributed by atoms with Crippen LogP contribution in [0.2, 0.25) is 0 Å². The van der Waals surface area contributed by atoms with E-state index in [0.717, 1.165) is 51.4 Å². The molecular weight excluding hydrogens is 444 g/mol. The first-order valence-corrected chi connectivity index (χ1v) is 13.0. The molecule has 4 rings (SSSR count). The Bertz CT molecular complexity index is 837. The van der Waals surface area contributed by atoms with E-state index in [4.69, 9.17) is 0 Å². The first kappa shape index (κ1) is 25.9. The van der Waals surface area contributed by atoms with Crippen LogP contribution in [-0.2, 0) is 0 Å². The third-order valence-electron chi connectivity index (χ3n) is 7.37. The number of hydrogen-bond donors (Lipinski definition) is 8. The van der Waals surface area contributed by atoms with Crippen molar-refractivity contribution in [2.75, 3.05) is 51.3 Å². The molecule has 0 aliphatic carbocycles. The predicted octanol–water partition coefficient (Wildman–Crippen LogP) is -0.0590. The number of rotatable bonds is 11. The smallest absolute Gasteiger partial charge is 0.251 e. The third-order valence-corrected chi connectivity index (χ3v) is 7.37. The van der Waals surface area contributed by atoms with Crippen molar-refractivity contribution < 1.29 is 9.90 Å². The van der Waals surface area contributed by atoms with Crippen molar-refractivity contribution in [3.63, 3.8) is 0 Å². The molecule has 3 aliphatic heterocycles. The summed E-state index contributed by atoms with van der Waals surface area (Å²) in [4.78, 5) is 15.2. The van der Waals surface area contributed by atoms with Crippen molar-refractivity contribution in [1.29, 1.82) is 0 Å². The molecular formula is C25H42N8O2. The van der Waals surface area contributed by atoms with E-state index in [0.29, 0.717) is 30.4 Å². The normalized spacial score (nSPS) is 29.0. The molecule has 1 aromatic rings. The third kappa shape index (κ3) is 6.93. The van der Waals surface area contributed by atoms with Gasteiger partial charge in [0.2, 0.25) is 0 Å². The van der Waals surface area contributed by atoms with Gasteiger partial charge in [0.05, 0.1) is 25.0 Å². The highest BCUT2D eigenvalue weighted by Crippen LogP contribution is 2.22. The van der Waals surface area contributed by atoms with E-state index in [1.165, 1.54) is 0 Å². The number of carbonyl (C=O) groups is 1. The van der Waals surface area contributed by atoms with E-state index < -0.39 is 0 Å². The van der Waals surface area contributed by atoms with Crippen LogP contribution in [0.25, 0.3) is 0 Å². The van der Waals surface area contributed by atoms with Gasteiger partial charge in [0.25, 0.3) is 5.91 Å². The lowest BCUT2D eigenvalue weighted by atomic mass is 9.84. The predicted molar refractivity (Wildman–Crippen MR) is 138 cm³/mol. The summed E-state index contributed by atoms with van der Waals surface area (Å²) in [5, 5.41) is 26.1. The van der Waals surface area contributed by atoms with Crippen molar-refractivity contribution in [1.82, 2.24) is 37.0 Å². The number of benzene rings is 1. The first-order valence-electron chi connectivity index (χ1n) is 13.0. The van der Waals surface area contributed by atoms with E-state index in [-0.39, 0.29) is 30.9 Å². The van der Waals surface area contributed by atoms with Crippen LogP contribution in [-0.4, -0.2) is 80.3 Å². The second kappa shape index (κ2) is 13.2. The van der Waals surface area contributed by atoms with Crippen LogP contribution in [0.1, 0.15) is 36.5 Å². The Kier molecular flexibility index (Phi) is 9.75. The number of nitrogens with one attached hydrogen (secondary N) is 7. The number of aliphatic hydroxyl groups excluding tert-OH is 1. The number of aliphatic hydroxyl groups is 1. The number of hydrogen-bond acceptors (Lipinski definition) is 9. The van der Waals surface area contributed by atoms with Crippen molar-refractivity contribution in [3.05, 3.63) is 42.1 Å². The summed E-state index contributed by atoms with van der Waals surface area (Å²) >= 11 is 0. The van der Waals surface area contributed by atoms with Gasteiger partial charge in [-0.1, -0.05) is 19.4 Å². The van der Waals surface area contributed by atoms with Gasteiger partial charge in [-0.15, -0.1) is 0 Å². The standard InChI is InChI=1S/C25H42N8O2/c1-2-18-14-26-9-7-20(18)15-29-25(35)19-5-3-6-21(13-19)28-16-23-31-32-24(33(23)11-4-12-34)22-8-10-27-17-30-22/h3,5-6,8,10,13,18,20,22-24,26-28,30-32,34H,2,4,7,9,11-12,14-17H2,1H3,(H,29,35). The lowest BCUT2D eigenvalue weighted by Gasteiger charge is -2.33. The highest BCUT2D eigenvalue weighted by atomic mass is 16.3. The Morgan fingerprint density at radius 2 is 2.14 bits per heavy atom. The van der Waals surface area contributed by atoms with Crippen LogP contribution in [0.15, 0.2) is 36.5 Å². The largest absolute Gasteiger partial charge is 0.396 e. The molecule has 0 bridgehead atoms. The van der Waals surface area contributed by atoms with Gasteiger partial charge in [0, 0.05) is 37.5 Å². The molecule has 2 fully saturated rings. The summed E-state index contributed by atoms with van der Waals surface area (Å²) in [6, 6.07) is 7.86. The quantitative estimate of drug-likeness (QED) is 0.217. The van der Waals surface area contributed by atoms with Crippen LogP contribution < -0.4 is 37.4 Å². The number of carbonyl (C=O) groups excluding carboxylic acids is 1.